The van der Waals surface area contributed by atoms with Crippen LogP contribution in [-0.4, -0.2) is 61.0 Å². The van der Waals surface area contributed by atoms with Crippen molar-refractivity contribution < 1.29 is 4.79 Å². The van der Waals surface area contributed by atoms with E-state index >= 15 is 0 Å². The van der Waals surface area contributed by atoms with E-state index in [1.54, 1.807) is 0 Å². The van der Waals surface area contributed by atoms with Crippen molar-refractivity contribution in [3.63, 3.8) is 0 Å². The third-order valence-corrected chi connectivity index (χ3v) is 4.90. The van der Waals surface area contributed by atoms with Gasteiger partial charge >= 0.3 is 0 Å². The Morgan fingerprint density at radius 3 is 2.44 bits per heavy atom. The molecule has 0 spiro atoms. The van der Waals surface area contributed by atoms with E-state index in [1.165, 1.54) is 19.3 Å². The first-order chi connectivity index (χ1) is 8.75. The molecule has 1 amide bonds. The lowest BCUT2D eigenvalue weighted by atomic mass is 10.0. The van der Waals surface area contributed by atoms with Gasteiger partial charge in [-0.25, -0.2) is 0 Å². The molecule has 0 bridgehead atoms. The Kier molecular flexibility index (Phi) is 3.57. The Balaban J connectivity index is 1.48. The second-order valence-corrected chi connectivity index (χ2v) is 6.13. The van der Waals surface area contributed by atoms with E-state index in [9.17, 15) is 4.79 Å². The van der Waals surface area contributed by atoms with E-state index in [1.807, 2.05) is 0 Å². The Labute approximate surface area is 110 Å². The third-order valence-electron chi connectivity index (χ3n) is 4.90. The van der Waals surface area contributed by atoms with Crippen molar-refractivity contribution in [1.82, 2.24) is 15.1 Å². The highest BCUT2D eigenvalue weighted by atomic mass is 16.2. The molecule has 2 unspecified atom stereocenters. The van der Waals surface area contributed by atoms with Gasteiger partial charge in [-0.1, -0.05) is 6.92 Å². The largest absolute Gasteiger partial charge is 0.340 e. The molecule has 4 heteroatoms. The molecule has 3 fully saturated rings. The molecule has 2 aliphatic heterocycles. The minimum Gasteiger partial charge on any atom is -0.340 e. The summed E-state index contributed by atoms with van der Waals surface area (Å²) >= 11 is 0. The predicted molar refractivity (Wildman–Crippen MR) is 71.3 cm³/mol. The summed E-state index contributed by atoms with van der Waals surface area (Å²) in [5.41, 5.74) is 0. The van der Waals surface area contributed by atoms with E-state index in [4.69, 9.17) is 0 Å². The lowest BCUT2D eigenvalue weighted by molar-refractivity contribution is -0.137. The van der Waals surface area contributed by atoms with Crippen LogP contribution in [0.5, 0.6) is 0 Å². The maximum Gasteiger partial charge on any atom is 0.225 e. The highest BCUT2D eigenvalue weighted by Crippen LogP contribution is 2.37. The predicted octanol–water partition coefficient (Wildman–Crippen LogP) is 0.539. The number of amides is 1. The van der Waals surface area contributed by atoms with E-state index in [0.717, 1.165) is 39.3 Å². The molecule has 0 aromatic rings. The van der Waals surface area contributed by atoms with Crippen LogP contribution in [0.3, 0.4) is 0 Å². The van der Waals surface area contributed by atoms with Gasteiger partial charge in [0.15, 0.2) is 0 Å². The topological polar surface area (TPSA) is 35.6 Å². The highest BCUT2D eigenvalue weighted by molar-refractivity contribution is 5.79. The Hall–Kier alpha value is -0.610. The van der Waals surface area contributed by atoms with E-state index in [0.29, 0.717) is 17.9 Å². The molecule has 3 rings (SSSR count). The van der Waals surface area contributed by atoms with Crippen LogP contribution in [0.15, 0.2) is 0 Å². The van der Waals surface area contributed by atoms with Gasteiger partial charge in [-0.3, -0.25) is 9.69 Å². The molecular formula is C14H25N3O. The number of hydrogen-bond acceptors (Lipinski definition) is 3. The van der Waals surface area contributed by atoms with Crippen LogP contribution >= 0.6 is 0 Å². The molecule has 1 N–H and O–H groups in total. The first-order valence-corrected chi connectivity index (χ1v) is 7.49. The van der Waals surface area contributed by atoms with Gasteiger partial charge in [0.2, 0.25) is 5.91 Å². The van der Waals surface area contributed by atoms with Gasteiger partial charge in [0, 0.05) is 44.7 Å². The monoisotopic (exact) mass is 251 g/mol. The van der Waals surface area contributed by atoms with Crippen molar-refractivity contribution >= 4 is 5.91 Å². The van der Waals surface area contributed by atoms with Crippen LogP contribution < -0.4 is 5.32 Å². The molecule has 3 aliphatic rings. The molecule has 4 nitrogen and oxygen atoms in total. The molecule has 2 heterocycles. The molecule has 102 valence electrons. The van der Waals surface area contributed by atoms with Gasteiger partial charge in [0.05, 0.1) is 0 Å². The van der Waals surface area contributed by atoms with Crippen molar-refractivity contribution in [2.24, 2.45) is 11.8 Å². The summed E-state index contributed by atoms with van der Waals surface area (Å²) in [7, 11) is 0. The molecule has 1 saturated carbocycles. The van der Waals surface area contributed by atoms with Gasteiger partial charge in [0.25, 0.3) is 0 Å². The summed E-state index contributed by atoms with van der Waals surface area (Å²) in [4.78, 5) is 17.0. The van der Waals surface area contributed by atoms with Gasteiger partial charge in [-0.05, 0) is 31.7 Å². The average Bonchev–Trinajstić information content (AvgIpc) is 3.12. The van der Waals surface area contributed by atoms with Gasteiger partial charge in [-0.2, -0.15) is 0 Å². The van der Waals surface area contributed by atoms with Gasteiger partial charge < -0.3 is 10.2 Å². The molecule has 18 heavy (non-hydrogen) atoms. The number of carbonyl (C=O) groups excluding carboxylic acids is 1. The van der Waals surface area contributed by atoms with Crippen molar-refractivity contribution in [1.29, 1.82) is 0 Å². The summed E-state index contributed by atoms with van der Waals surface area (Å²) in [5.74, 6) is 1.36. The molecule has 0 aromatic carbocycles. The zero-order valence-electron chi connectivity index (χ0n) is 11.4. The molecule has 1 aliphatic carbocycles. The highest BCUT2D eigenvalue weighted by Gasteiger charge is 2.36. The first kappa shape index (κ1) is 12.4. The maximum atomic E-state index is 12.3. The number of piperazine rings is 1. The van der Waals surface area contributed by atoms with E-state index < -0.39 is 0 Å². The molecule has 0 radical (unpaired) electrons. The van der Waals surface area contributed by atoms with Crippen molar-refractivity contribution in [2.45, 2.75) is 32.2 Å². The first-order valence-electron chi connectivity index (χ1n) is 7.49. The van der Waals surface area contributed by atoms with Crippen LogP contribution in [0.2, 0.25) is 0 Å². The minimum atomic E-state index is 0.268. The van der Waals surface area contributed by atoms with Crippen molar-refractivity contribution in [2.75, 3.05) is 39.3 Å². The maximum absolute atomic E-state index is 12.3. The number of rotatable bonds is 3. The summed E-state index contributed by atoms with van der Waals surface area (Å²) in [5, 5.41) is 3.42. The van der Waals surface area contributed by atoms with Crippen LogP contribution in [0.1, 0.15) is 26.2 Å². The van der Waals surface area contributed by atoms with Crippen molar-refractivity contribution in [3.8, 4) is 0 Å². The van der Waals surface area contributed by atoms with Crippen LogP contribution in [0.25, 0.3) is 0 Å². The minimum absolute atomic E-state index is 0.268. The van der Waals surface area contributed by atoms with Crippen LogP contribution in [-0.2, 0) is 4.79 Å². The Bertz CT molecular complexity index is 302. The third kappa shape index (κ3) is 2.54. The smallest absolute Gasteiger partial charge is 0.225 e. The van der Waals surface area contributed by atoms with Crippen LogP contribution in [0.4, 0.5) is 0 Å². The summed E-state index contributed by atoms with van der Waals surface area (Å²) in [6, 6.07) is 0.711. The summed E-state index contributed by atoms with van der Waals surface area (Å²) in [6.45, 7) is 8.41. The summed E-state index contributed by atoms with van der Waals surface area (Å²) in [6.07, 6.45) is 3.80. The number of hydrogen-bond donors (Lipinski definition) is 1. The van der Waals surface area contributed by atoms with Gasteiger partial charge in [-0.15, -0.1) is 0 Å². The molecule has 2 saturated heterocycles. The van der Waals surface area contributed by atoms with E-state index in [-0.39, 0.29) is 5.92 Å². The molecular weight excluding hydrogens is 226 g/mol. The average molecular weight is 251 g/mol. The second kappa shape index (κ2) is 5.17. The lowest BCUT2D eigenvalue weighted by Crippen LogP contribution is -2.53. The number of nitrogens with one attached hydrogen (secondary N) is 1. The van der Waals surface area contributed by atoms with Crippen molar-refractivity contribution in [3.05, 3.63) is 0 Å². The summed E-state index contributed by atoms with van der Waals surface area (Å²) < 4.78 is 0. The Morgan fingerprint density at radius 1 is 1.17 bits per heavy atom. The lowest BCUT2D eigenvalue weighted by Gasteiger charge is -2.38. The van der Waals surface area contributed by atoms with E-state index in [2.05, 4.69) is 22.0 Å². The normalized spacial score (nSPS) is 31.6. The molecule has 0 aromatic heterocycles. The number of carbonyl (C=O) groups is 1. The fraction of sp³-hybridized carbons (Fsp3) is 0.929. The second-order valence-electron chi connectivity index (χ2n) is 6.13. The zero-order valence-corrected chi connectivity index (χ0v) is 11.4. The SMILES string of the molecule is CC(C(=O)N1CCN(C2CCNC2)CC1)C1CC1. The zero-order chi connectivity index (χ0) is 12.5. The Morgan fingerprint density at radius 2 is 1.89 bits per heavy atom. The molecule has 2 atom stereocenters. The number of nitrogens with zero attached hydrogens (tertiary/aromatic N) is 2. The fourth-order valence-corrected chi connectivity index (χ4v) is 3.34. The van der Waals surface area contributed by atoms with Gasteiger partial charge in [0.1, 0.15) is 0 Å². The quantitative estimate of drug-likeness (QED) is 0.795. The fourth-order valence-electron chi connectivity index (χ4n) is 3.34. The standard InChI is InChI=1S/C14H25N3O/c1-11(12-2-3-12)14(18)17-8-6-16(7-9-17)13-4-5-15-10-13/h11-13,15H,2-10H2,1H3. The van der Waals surface area contributed by atoms with Crippen LogP contribution in [0, 0.1) is 11.8 Å².